The number of nitro benzene ring substituents is 1. The number of hydrogen-bond acceptors (Lipinski definition) is 6. The highest BCUT2D eigenvalue weighted by Gasteiger charge is 2.26. The van der Waals surface area contributed by atoms with E-state index in [0.29, 0.717) is 12.2 Å². The molecule has 0 saturated carbocycles. The molecule has 0 saturated heterocycles. The van der Waals surface area contributed by atoms with Crippen LogP contribution in [0.4, 0.5) is 17.2 Å². The first-order valence-electron chi connectivity index (χ1n) is 8.69. The van der Waals surface area contributed by atoms with Crippen molar-refractivity contribution in [2.75, 3.05) is 11.6 Å². The topological polar surface area (TPSA) is 75.4 Å². The number of benzene rings is 1. The monoisotopic (exact) mass is 361 g/mol. The fraction of sp³-hybridized carbons (Fsp3) is 0.200. The van der Waals surface area contributed by atoms with Gasteiger partial charge in [0.1, 0.15) is 5.82 Å². The van der Waals surface area contributed by atoms with E-state index in [1.54, 1.807) is 31.5 Å². The Morgan fingerprint density at radius 1 is 1.19 bits per heavy atom. The first kappa shape index (κ1) is 17.1. The largest absolute Gasteiger partial charge is 0.312 e. The van der Waals surface area contributed by atoms with Gasteiger partial charge in [-0.1, -0.05) is 18.2 Å². The maximum Gasteiger partial charge on any atom is 0.274 e. The van der Waals surface area contributed by atoms with E-state index in [4.69, 9.17) is 0 Å². The summed E-state index contributed by atoms with van der Waals surface area (Å²) in [4.78, 5) is 24.0. The first-order valence-corrected chi connectivity index (χ1v) is 8.69. The van der Waals surface area contributed by atoms with Crippen LogP contribution >= 0.6 is 0 Å². The third-order valence-corrected chi connectivity index (χ3v) is 4.69. The maximum atomic E-state index is 11.4. The number of nitro groups is 1. The summed E-state index contributed by atoms with van der Waals surface area (Å²) >= 11 is 0. The number of nitrogens with zero attached hydrogens (tertiary/aromatic N) is 5. The molecule has 0 bridgehead atoms. The number of pyridine rings is 2. The van der Waals surface area contributed by atoms with Crippen molar-refractivity contribution in [2.45, 2.75) is 20.0 Å². The highest BCUT2D eigenvalue weighted by Crippen LogP contribution is 2.34. The van der Waals surface area contributed by atoms with E-state index in [2.05, 4.69) is 14.9 Å². The van der Waals surface area contributed by atoms with Crippen LogP contribution < -0.4 is 4.90 Å². The predicted octanol–water partition coefficient (Wildman–Crippen LogP) is 3.80. The van der Waals surface area contributed by atoms with Crippen LogP contribution in [0.1, 0.15) is 16.7 Å². The standard InChI is InChI=1S/C20H19N5O2/c1-15-6-7-18(10-19(15)25(26)27)24-14-23(12-16-4-2-8-21-11-16)13-17-5-3-9-22-20(17)24/h2-11H,12-14H2,1H3. The van der Waals surface area contributed by atoms with Crippen LogP contribution in [0.25, 0.3) is 0 Å². The molecule has 7 heteroatoms. The van der Waals surface area contributed by atoms with Crippen LogP contribution in [0.5, 0.6) is 0 Å². The fourth-order valence-corrected chi connectivity index (χ4v) is 3.38. The molecule has 0 atom stereocenters. The molecule has 0 unspecified atom stereocenters. The van der Waals surface area contributed by atoms with E-state index in [-0.39, 0.29) is 10.6 Å². The smallest absolute Gasteiger partial charge is 0.274 e. The van der Waals surface area contributed by atoms with Crippen molar-refractivity contribution in [3.63, 3.8) is 0 Å². The molecule has 1 aliphatic heterocycles. The zero-order chi connectivity index (χ0) is 18.8. The second-order valence-corrected chi connectivity index (χ2v) is 6.63. The number of hydrogen-bond donors (Lipinski definition) is 0. The van der Waals surface area contributed by atoms with Gasteiger partial charge < -0.3 is 4.90 Å². The van der Waals surface area contributed by atoms with E-state index in [9.17, 15) is 10.1 Å². The summed E-state index contributed by atoms with van der Waals surface area (Å²) in [7, 11) is 0. The van der Waals surface area contributed by atoms with Gasteiger partial charge in [-0.2, -0.15) is 0 Å². The maximum absolute atomic E-state index is 11.4. The minimum atomic E-state index is -0.338. The molecular formula is C20H19N5O2. The highest BCUT2D eigenvalue weighted by molar-refractivity contribution is 5.67. The Morgan fingerprint density at radius 3 is 2.81 bits per heavy atom. The summed E-state index contributed by atoms with van der Waals surface area (Å²) < 4.78 is 0. The third-order valence-electron chi connectivity index (χ3n) is 4.69. The van der Waals surface area contributed by atoms with Gasteiger partial charge in [-0.3, -0.25) is 20.0 Å². The molecule has 0 amide bonds. The Bertz CT molecular complexity index is 977. The molecule has 27 heavy (non-hydrogen) atoms. The van der Waals surface area contributed by atoms with Gasteiger partial charge in [0.2, 0.25) is 0 Å². The van der Waals surface area contributed by atoms with Gasteiger partial charge in [0.25, 0.3) is 5.69 Å². The van der Waals surface area contributed by atoms with Crippen molar-refractivity contribution in [2.24, 2.45) is 0 Å². The molecule has 0 aliphatic carbocycles. The van der Waals surface area contributed by atoms with Crippen LogP contribution in [-0.4, -0.2) is 26.5 Å². The summed E-state index contributed by atoms with van der Waals surface area (Å²) in [6.07, 6.45) is 5.38. The van der Waals surface area contributed by atoms with E-state index >= 15 is 0 Å². The summed E-state index contributed by atoms with van der Waals surface area (Å²) in [5.41, 5.74) is 3.75. The predicted molar refractivity (Wildman–Crippen MR) is 103 cm³/mol. The number of rotatable bonds is 4. The quantitative estimate of drug-likeness (QED) is 0.520. The Balaban J connectivity index is 1.70. The van der Waals surface area contributed by atoms with Gasteiger partial charge >= 0.3 is 0 Å². The second-order valence-electron chi connectivity index (χ2n) is 6.63. The molecule has 0 fully saturated rings. The normalized spacial score (nSPS) is 14.0. The molecule has 7 nitrogen and oxygen atoms in total. The van der Waals surface area contributed by atoms with Gasteiger partial charge in [-0.05, 0) is 30.7 Å². The van der Waals surface area contributed by atoms with Gasteiger partial charge in [-0.15, -0.1) is 0 Å². The molecule has 136 valence electrons. The number of aryl methyl sites for hydroxylation is 1. The van der Waals surface area contributed by atoms with Crippen molar-refractivity contribution in [1.82, 2.24) is 14.9 Å². The molecule has 1 aromatic carbocycles. The Morgan fingerprint density at radius 2 is 2.04 bits per heavy atom. The van der Waals surface area contributed by atoms with Crippen molar-refractivity contribution in [1.29, 1.82) is 0 Å². The van der Waals surface area contributed by atoms with Crippen LogP contribution in [0.3, 0.4) is 0 Å². The number of fused-ring (bicyclic) bond motifs is 1. The fourth-order valence-electron chi connectivity index (χ4n) is 3.38. The lowest BCUT2D eigenvalue weighted by molar-refractivity contribution is -0.385. The second kappa shape index (κ2) is 7.13. The summed E-state index contributed by atoms with van der Waals surface area (Å²) in [5, 5.41) is 11.4. The van der Waals surface area contributed by atoms with E-state index in [1.165, 1.54) is 0 Å². The zero-order valence-electron chi connectivity index (χ0n) is 14.9. The van der Waals surface area contributed by atoms with Crippen molar-refractivity contribution < 1.29 is 4.92 Å². The highest BCUT2D eigenvalue weighted by atomic mass is 16.6. The average Bonchev–Trinajstić information content (AvgIpc) is 2.68. The molecule has 0 radical (unpaired) electrons. The third kappa shape index (κ3) is 3.50. The van der Waals surface area contributed by atoms with Crippen molar-refractivity contribution in [3.8, 4) is 0 Å². The lowest BCUT2D eigenvalue weighted by Crippen LogP contribution is -2.39. The molecule has 3 aromatic rings. The van der Waals surface area contributed by atoms with Gasteiger partial charge in [-0.25, -0.2) is 4.98 Å². The van der Waals surface area contributed by atoms with Crippen LogP contribution in [0.2, 0.25) is 0 Å². The molecule has 0 spiro atoms. The molecular weight excluding hydrogens is 342 g/mol. The van der Waals surface area contributed by atoms with E-state index in [0.717, 1.165) is 35.7 Å². The summed E-state index contributed by atoms with van der Waals surface area (Å²) in [5.74, 6) is 0.845. The SMILES string of the molecule is Cc1ccc(N2CN(Cc3cccnc3)Cc3cccnc32)cc1[N+](=O)[O-]. The molecule has 1 aliphatic rings. The first-order chi connectivity index (χ1) is 13.1. The van der Waals surface area contributed by atoms with E-state index in [1.807, 2.05) is 41.4 Å². The zero-order valence-corrected chi connectivity index (χ0v) is 14.9. The molecule has 2 aromatic heterocycles. The van der Waals surface area contributed by atoms with Gasteiger partial charge in [0, 0.05) is 48.9 Å². The van der Waals surface area contributed by atoms with Crippen molar-refractivity contribution >= 4 is 17.2 Å². The minimum absolute atomic E-state index is 0.120. The minimum Gasteiger partial charge on any atom is -0.312 e. The van der Waals surface area contributed by atoms with Crippen molar-refractivity contribution in [3.05, 3.63) is 87.9 Å². The number of anilines is 2. The Hall–Kier alpha value is -3.32. The van der Waals surface area contributed by atoms with E-state index < -0.39 is 0 Å². The van der Waals surface area contributed by atoms with Gasteiger partial charge in [0.15, 0.2) is 0 Å². The van der Waals surface area contributed by atoms with Gasteiger partial charge in [0.05, 0.1) is 17.3 Å². The summed E-state index contributed by atoms with van der Waals surface area (Å²) in [6, 6.07) is 13.3. The van der Waals surface area contributed by atoms with Crippen LogP contribution in [-0.2, 0) is 13.1 Å². The van der Waals surface area contributed by atoms with Crippen LogP contribution in [0, 0.1) is 17.0 Å². The van der Waals surface area contributed by atoms with Crippen LogP contribution in [0.15, 0.2) is 61.1 Å². The summed E-state index contributed by atoms with van der Waals surface area (Å²) in [6.45, 7) is 3.85. The lowest BCUT2D eigenvalue weighted by Gasteiger charge is -2.37. The molecule has 3 heterocycles. The lowest BCUT2D eigenvalue weighted by atomic mass is 10.1. The molecule has 0 N–H and O–H groups in total. The average molecular weight is 361 g/mol. The Labute approximate surface area is 157 Å². The molecule has 4 rings (SSSR count). The number of aromatic nitrogens is 2. The Kier molecular flexibility index (Phi) is 4.52.